The van der Waals surface area contributed by atoms with Crippen molar-refractivity contribution in [1.29, 1.82) is 0 Å². The van der Waals surface area contributed by atoms with Gasteiger partial charge in [0.05, 0.1) is 13.5 Å². The van der Waals surface area contributed by atoms with E-state index in [9.17, 15) is 9.18 Å². The summed E-state index contributed by atoms with van der Waals surface area (Å²) in [5.74, 6) is 1.08. The zero-order chi connectivity index (χ0) is 8.97. The van der Waals surface area contributed by atoms with E-state index in [-0.39, 0.29) is 18.3 Å². The Morgan fingerprint density at radius 2 is 2.50 bits per heavy atom. The summed E-state index contributed by atoms with van der Waals surface area (Å²) in [5, 5.41) is 0. The van der Waals surface area contributed by atoms with Gasteiger partial charge in [-0.1, -0.05) is 0 Å². The highest BCUT2D eigenvalue weighted by Crippen LogP contribution is 2.28. The minimum Gasteiger partial charge on any atom is -0.469 e. The van der Waals surface area contributed by atoms with Crippen molar-refractivity contribution in [2.24, 2.45) is 5.92 Å². The Kier molecular flexibility index (Phi) is 3.85. The van der Waals surface area contributed by atoms with Crippen LogP contribution in [0, 0.1) is 5.92 Å². The highest BCUT2D eigenvalue weighted by Gasteiger charge is 2.27. The van der Waals surface area contributed by atoms with Crippen LogP contribution in [0.1, 0.15) is 12.8 Å². The van der Waals surface area contributed by atoms with Crippen LogP contribution < -0.4 is 0 Å². The number of thioether (sulfide) groups is 1. The van der Waals surface area contributed by atoms with Gasteiger partial charge in [0.1, 0.15) is 6.17 Å². The first-order chi connectivity index (χ1) is 5.74. The first-order valence-corrected chi connectivity index (χ1v) is 5.18. The van der Waals surface area contributed by atoms with Gasteiger partial charge in [-0.3, -0.25) is 4.79 Å². The fourth-order valence-corrected chi connectivity index (χ4v) is 2.41. The van der Waals surface area contributed by atoms with E-state index in [4.69, 9.17) is 0 Å². The summed E-state index contributed by atoms with van der Waals surface area (Å²) in [6, 6.07) is 0. The fourth-order valence-electron chi connectivity index (χ4n) is 1.27. The Balaban J connectivity index is 2.33. The number of ether oxygens (including phenoxy) is 1. The molecule has 1 aliphatic rings. The average molecular weight is 192 g/mol. The number of esters is 1. The number of hydrogen-bond donors (Lipinski definition) is 0. The van der Waals surface area contributed by atoms with Crippen LogP contribution in [0.15, 0.2) is 0 Å². The van der Waals surface area contributed by atoms with Crippen LogP contribution in [0.4, 0.5) is 4.39 Å². The molecule has 70 valence electrons. The van der Waals surface area contributed by atoms with Crippen molar-refractivity contribution in [2.45, 2.75) is 19.0 Å². The second-order valence-corrected chi connectivity index (χ2v) is 4.07. The zero-order valence-corrected chi connectivity index (χ0v) is 7.90. The summed E-state index contributed by atoms with van der Waals surface area (Å²) >= 11 is 1.61. The van der Waals surface area contributed by atoms with E-state index in [1.165, 1.54) is 7.11 Å². The van der Waals surface area contributed by atoms with Gasteiger partial charge >= 0.3 is 5.97 Å². The molecular weight excluding hydrogens is 179 g/mol. The molecule has 1 heterocycles. The van der Waals surface area contributed by atoms with Crippen LogP contribution in [-0.4, -0.2) is 30.8 Å². The van der Waals surface area contributed by atoms with Crippen molar-refractivity contribution in [3.8, 4) is 0 Å². The molecule has 4 heteroatoms. The van der Waals surface area contributed by atoms with Crippen molar-refractivity contribution in [2.75, 3.05) is 18.6 Å². The monoisotopic (exact) mass is 192 g/mol. The van der Waals surface area contributed by atoms with E-state index in [1.54, 1.807) is 11.8 Å². The molecule has 1 rings (SSSR count). The highest BCUT2D eigenvalue weighted by molar-refractivity contribution is 7.99. The third kappa shape index (κ3) is 2.66. The number of carbonyl (C=O) groups excluding carboxylic acids is 1. The van der Waals surface area contributed by atoms with Gasteiger partial charge in [-0.25, -0.2) is 4.39 Å². The quantitative estimate of drug-likeness (QED) is 0.622. The molecule has 0 saturated carbocycles. The summed E-state index contributed by atoms with van der Waals surface area (Å²) in [7, 11) is 1.34. The standard InChI is InChI=1S/C8H13FO2S/c1-11-8(10)4-6-2-3-12-5-7(6)9/h6-7H,2-5H2,1H3. The lowest BCUT2D eigenvalue weighted by molar-refractivity contribution is -0.142. The molecule has 2 unspecified atom stereocenters. The lowest BCUT2D eigenvalue weighted by Gasteiger charge is -2.24. The van der Waals surface area contributed by atoms with Crippen LogP contribution in [0.25, 0.3) is 0 Å². The Morgan fingerprint density at radius 1 is 1.75 bits per heavy atom. The van der Waals surface area contributed by atoms with Crippen LogP contribution in [-0.2, 0) is 9.53 Å². The summed E-state index contributed by atoms with van der Waals surface area (Å²) < 4.78 is 17.6. The molecule has 0 amide bonds. The van der Waals surface area contributed by atoms with Crippen molar-refractivity contribution in [3.63, 3.8) is 0 Å². The van der Waals surface area contributed by atoms with E-state index >= 15 is 0 Å². The summed E-state index contributed by atoms with van der Waals surface area (Å²) in [6.07, 6.45) is 0.196. The molecule has 0 aromatic rings. The SMILES string of the molecule is COC(=O)CC1CCSCC1F. The molecular formula is C8H13FO2S. The van der Waals surface area contributed by atoms with Gasteiger partial charge in [-0.15, -0.1) is 0 Å². The minimum atomic E-state index is -0.831. The zero-order valence-electron chi connectivity index (χ0n) is 7.09. The first kappa shape index (κ1) is 9.84. The van der Waals surface area contributed by atoms with E-state index in [1.807, 2.05) is 0 Å². The Hall–Kier alpha value is -0.250. The van der Waals surface area contributed by atoms with Crippen molar-refractivity contribution < 1.29 is 13.9 Å². The van der Waals surface area contributed by atoms with E-state index < -0.39 is 6.17 Å². The number of rotatable bonds is 2. The normalized spacial score (nSPS) is 29.8. The molecule has 2 atom stereocenters. The third-order valence-electron chi connectivity index (χ3n) is 2.08. The Bertz CT molecular complexity index is 163. The fraction of sp³-hybridized carbons (Fsp3) is 0.875. The molecule has 0 spiro atoms. The van der Waals surface area contributed by atoms with Crippen LogP contribution in [0.2, 0.25) is 0 Å². The third-order valence-corrected chi connectivity index (χ3v) is 3.16. The smallest absolute Gasteiger partial charge is 0.305 e. The summed E-state index contributed by atoms with van der Waals surface area (Å²) in [6.45, 7) is 0. The van der Waals surface area contributed by atoms with Gasteiger partial charge < -0.3 is 4.74 Å². The van der Waals surface area contributed by atoms with Crippen molar-refractivity contribution >= 4 is 17.7 Å². The molecule has 2 nitrogen and oxygen atoms in total. The van der Waals surface area contributed by atoms with Gasteiger partial charge in [0.2, 0.25) is 0 Å². The predicted molar refractivity (Wildman–Crippen MR) is 47.0 cm³/mol. The maximum absolute atomic E-state index is 13.1. The van der Waals surface area contributed by atoms with E-state index in [0.717, 1.165) is 12.2 Å². The number of hydrogen-bond acceptors (Lipinski definition) is 3. The number of alkyl halides is 1. The number of carbonyl (C=O) groups is 1. The van der Waals surface area contributed by atoms with Crippen LogP contribution >= 0.6 is 11.8 Å². The topological polar surface area (TPSA) is 26.3 Å². The van der Waals surface area contributed by atoms with E-state index in [2.05, 4.69) is 4.74 Å². The average Bonchev–Trinajstić information content (AvgIpc) is 2.09. The van der Waals surface area contributed by atoms with E-state index in [0.29, 0.717) is 5.75 Å². The predicted octanol–water partition coefficient (Wildman–Crippen LogP) is 1.64. The summed E-state index contributed by atoms with van der Waals surface area (Å²) in [5.41, 5.74) is 0. The van der Waals surface area contributed by atoms with Crippen LogP contribution in [0.5, 0.6) is 0 Å². The molecule has 0 aromatic carbocycles. The van der Waals surface area contributed by atoms with Crippen molar-refractivity contribution in [1.82, 2.24) is 0 Å². The number of halogens is 1. The molecule has 0 bridgehead atoms. The van der Waals surface area contributed by atoms with Gasteiger partial charge in [-0.05, 0) is 12.2 Å². The Labute approximate surface area is 75.9 Å². The van der Waals surface area contributed by atoms with Crippen LogP contribution in [0.3, 0.4) is 0 Å². The highest BCUT2D eigenvalue weighted by atomic mass is 32.2. The maximum atomic E-state index is 13.1. The second-order valence-electron chi connectivity index (χ2n) is 2.92. The molecule has 0 aromatic heterocycles. The molecule has 1 fully saturated rings. The summed E-state index contributed by atoms with van der Waals surface area (Å²) in [4.78, 5) is 10.8. The van der Waals surface area contributed by atoms with Gasteiger partial charge in [0.25, 0.3) is 0 Å². The van der Waals surface area contributed by atoms with Gasteiger partial charge in [0.15, 0.2) is 0 Å². The first-order valence-electron chi connectivity index (χ1n) is 4.02. The molecule has 1 aliphatic heterocycles. The molecule has 12 heavy (non-hydrogen) atoms. The minimum absolute atomic E-state index is 0.112. The lowest BCUT2D eigenvalue weighted by Crippen LogP contribution is -2.26. The van der Waals surface area contributed by atoms with Gasteiger partial charge in [-0.2, -0.15) is 11.8 Å². The molecule has 0 N–H and O–H groups in total. The molecule has 0 aliphatic carbocycles. The molecule has 0 radical (unpaired) electrons. The van der Waals surface area contributed by atoms with Crippen molar-refractivity contribution in [3.05, 3.63) is 0 Å². The second kappa shape index (κ2) is 4.70. The largest absolute Gasteiger partial charge is 0.469 e. The maximum Gasteiger partial charge on any atom is 0.305 e. The molecule has 1 saturated heterocycles. The van der Waals surface area contributed by atoms with Gasteiger partial charge in [0, 0.05) is 11.7 Å². The number of methoxy groups -OCH3 is 1. The lowest BCUT2D eigenvalue weighted by atomic mass is 9.97. The Morgan fingerprint density at radius 3 is 3.08 bits per heavy atom.